The molecular weight excluding hydrogens is 210 g/mol. The summed E-state index contributed by atoms with van der Waals surface area (Å²) in [5, 5.41) is 8.91. The quantitative estimate of drug-likeness (QED) is 0.844. The predicted molar refractivity (Wildman–Crippen MR) is 69.9 cm³/mol. The van der Waals surface area contributed by atoms with Gasteiger partial charge in [-0.3, -0.25) is 0 Å². The van der Waals surface area contributed by atoms with Gasteiger partial charge in [-0.1, -0.05) is 0 Å². The Bertz CT molecular complexity index is 426. The highest BCUT2D eigenvalue weighted by Gasteiger charge is 2.18. The normalized spacial score (nSPS) is 16.9. The van der Waals surface area contributed by atoms with Crippen LogP contribution in [0.25, 0.3) is 0 Å². The Kier molecular flexibility index (Phi) is 3.65. The molecule has 17 heavy (non-hydrogen) atoms. The second kappa shape index (κ2) is 5.20. The summed E-state index contributed by atoms with van der Waals surface area (Å²) in [4.78, 5) is 2.39. The smallest absolute Gasteiger partial charge is 0.0994 e. The van der Waals surface area contributed by atoms with Gasteiger partial charge in [0.25, 0.3) is 0 Å². The van der Waals surface area contributed by atoms with Gasteiger partial charge >= 0.3 is 0 Å². The van der Waals surface area contributed by atoms with E-state index >= 15 is 0 Å². The molecule has 2 rings (SSSR count). The van der Waals surface area contributed by atoms with Gasteiger partial charge in [0.15, 0.2) is 0 Å². The van der Waals surface area contributed by atoms with E-state index in [1.165, 1.54) is 18.5 Å². The third-order valence-electron chi connectivity index (χ3n) is 3.64. The first kappa shape index (κ1) is 11.9. The fourth-order valence-corrected chi connectivity index (χ4v) is 2.40. The molecule has 3 nitrogen and oxygen atoms in total. The van der Waals surface area contributed by atoms with Crippen LogP contribution < -0.4 is 10.6 Å². The molecule has 1 aromatic carbocycles. The van der Waals surface area contributed by atoms with Gasteiger partial charge < -0.3 is 10.6 Å². The predicted octanol–water partition coefficient (Wildman–Crippen LogP) is 2.04. The second-order valence-corrected chi connectivity index (χ2v) is 4.78. The molecular formula is C14H19N3. The maximum atomic E-state index is 8.91. The average molecular weight is 229 g/mol. The molecule has 0 atom stereocenters. The van der Waals surface area contributed by atoms with Crippen molar-refractivity contribution < 1.29 is 0 Å². The minimum Gasteiger partial charge on any atom is -0.372 e. The Morgan fingerprint density at radius 3 is 2.65 bits per heavy atom. The summed E-state index contributed by atoms with van der Waals surface area (Å²) in [6.07, 6.45) is 2.35. The lowest BCUT2D eigenvalue weighted by Crippen LogP contribution is -2.36. The minimum absolute atomic E-state index is 0.686. The largest absolute Gasteiger partial charge is 0.372 e. The fraction of sp³-hybridized carbons (Fsp3) is 0.500. The number of piperidine rings is 1. The van der Waals surface area contributed by atoms with Gasteiger partial charge in [-0.2, -0.15) is 5.26 Å². The molecule has 0 saturated carbocycles. The number of rotatable bonds is 2. The fourth-order valence-electron chi connectivity index (χ4n) is 2.40. The Morgan fingerprint density at radius 1 is 1.41 bits per heavy atom. The lowest BCUT2D eigenvalue weighted by molar-refractivity contribution is 0.414. The van der Waals surface area contributed by atoms with Crippen molar-refractivity contribution in [2.75, 3.05) is 24.5 Å². The third-order valence-corrected chi connectivity index (χ3v) is 3.64. The van der Waals surface area contributed by atoms with Crippen LogP contribution in [0.2, 0.25) is 0 Å². The summed E-state index contributed by atoms with van der Waals surface area (Å²) < 4.78 is 0. The molecule has 1 heterocycles. The maximum absolute atomic E-state index is 8.91. The summed E-state index contributed by atoms with van der Waals surface area (Å²) in [7, 11) is 0. The van der Waals surface area contributed by atoms with Crippen LogP contribution in [0.5, 0.6) is 0 Å². The van der Waals surface area contributed by atoms with Crippen molar-refractivity contribution in [1.29, 1.82) is 5.26 Å². The third kappa shape index (κ3) is 2.59. The molecule has 0 amide bonds. The van der Waals surface area contributed by atoms with Crippen LogP contribution in [0.3, 0.4) is 0 Å². The van der Waals surface area contributed by atoms with Gasteiger partial charge in [-0.05, 0) is 56.0 Å². The van der Waals surface area contributed by atoms with Crippen molar-refractivity contribution in [3.8, 4) is 6.07 Å². The van der Waals surface area contributed by atoms with Crippen molar-refractivity contribution in [3.63, 3.8) is 0 Å². The summed E-state index contributed by atoms with van der Waals surface area (Å²) >= 11 is 0. The molecule has 0 bridgehead atoms. The molecule has 1 aliphatic rings. The van der Waals surface area contributed by atoms with E-state index in [1.54, 1.807) is 0 Å². The van der Waals surface area contributed by atoms with Gasteiger partial charge in [0.2, 0.25) is 0 Å². The van der Waals surface area contributed by atoms with Gasteiger partial charge in [0.1, 0.15) is 0 Å². The summed E-state index contributed by atoms with van der Waals surface area (Å²) in [6.45, 7) is 4.95. The molecule has 1 saturated heterocycles. The average Bonchev–Trinajstić information content (AvgIpc) is 2.39. The number of hydrogen-bond donors (Lipinski definition) is 1. The van der Waals surface area contributed by atoms with E-state index in [0.29, 0.717) is 5.92 Å². The molecule has 0 unspecified atom stereocenters. The molecule has 1 aliphatic heterocycles. The highest BCUT2D eigenvalue weighted by atomic mass is 15.1. The van der Waals surface area contributed by atoms with E-state index < -0.39 is 0 Å². The van der Waals surface area contributed by atoms with Gasteiger partial charge in [0.05, 0.1) is 11.6 Å². The first-order chi connectivity index (χ1) is 8.24. The van der Waals surface area contributed by atoms with Gasteiger partial charge in [0, 0.05) is 18.8 Å². The van der Waals surface area contributed by atoms with E-state index in [9.17, 15) is 0 Å². The number of nitriles is 1. The number of hydrogen-bond acceptors (Lipinski definition) is 3. The highest BCUT2D eigenvalue weighted by molar-refractivity contribution is 5.53. The number of benzene rings is 1. The molecule has 90 valence electrons. The Labute approximate surface area is 103 Å². The van der Waals surface area contributed by atoms with Crippen LogP contribution in [0.1, 0.15) is 24.0 Å². The number of anilines is 1. The van der Waals surface area contributed by atoms with Gasteiger partial charge in [-0.15, -0.1) is 0 Å². The summed E-state index contributed by atoms with van der Waals surface area (Å²) in [5.74, 6) is 0.686. The van der Waals surface area contributed by atoms with E-state index in [0.717, 1.165) is 30.8 Å². The molecule has 3 heteroatoms. The Balaban J connectivity index is 2.09. The highest BCUT2D eigenvalue weighted by Crippen LogP contribution is 2.24. The molecule has 0 aliphatic carbocycles. The van der Waals surface area contributed by atoms with Crippen LogP contribution in [0, 0.1) is 24.2 Å². The summed E-state index contributed by atoms with van der Waals surface area (Å²) in [6, 6.07) is 8.29. The lowest BCUT2D eigenvalue weighted by Gasteiger charge is -2.33. The lowest BCUT2D eigenvalue weighted by atomic mass is 9.96. The zero-order valence-electron chi connectivity index (χ0n) is 10.3. The van der Waals surface area contributed by atoms with Crippen LogP contribution in [0.4, 0.5) is 5.69 Å². The first-order valence-corrected chi connectivity index (χ1v) is 6.20. The first-order valence-electron chi connectivity index (χ1n) is 6.20. The van der Waals surface area contributed by atoms with Crippen molar-refractivity contribution in [2.45, 2.75) is 19.8 Å². The molecule has 2 N–H and O–H groups in total. The van der Waals surface area contributed by atoms with Crippen LogP contribution >= 0.6 is 0 Å². The SMILES string of the molecule is Cc1cc(N2CCC(CN)CC2)ccc1C#N. The van der Waals surface area contributed by atoms with Crippen molar-refractivity contribution in [2.24, 2.45) is 11.7 Å². The second-order valence-electron chi connectivity index (χ2n) is 4.78. The molecule has 1 aromatic rings. The Morgan fingerprint density at radius 2 is 2.12 bits per heavy atom. The van der Waals surface area contributed by atoms with E-state index in [1.807, 2.05) is 19.1 Å². The molecule has 0 radical (unpaired) electrons. The zero-order valence-corrected chi connectivity index (χ0v) is 10.3. The standard InChI is InChI=1S/C14H19N3/c1-11-8-14(3-2-13(11)10-16)17-6-4-12(9-15)5-7-17/h2-3,8,12H,4-7,9,15H2,1H3. The zero-order chi connectivity index (χ0) is 12.3. The topological polar surface area (TPSA) is 53.0 Å². The molecule has 1 fully saturated rings. The van der Waals surface area contributed by atoms with Crippen molar-refractivity contribution >= 4 is 5.69 Å². The van der Waals surface area contributed by atoms with E-state index in [-0.39, 0.29) is 0 Å². The molecule has 0 aromatic heterocycles. The Hall–Kier alpha value is -1.53. The number of nitrogens with two attached hydrogens (primary N) is 1. The van der Waals surface area contributed by atoms with Crippen LogP contribution in [-0.2, 0) is 0 Å². The van der Waals surface area contributed by atoms with E-state index in [2.05, 4.69) is 17.0 Å². The van der Waals surface area contributed by atoms with E-state index in [4.69, 9.17) is 11.0 Å². The molecule has 0 spiro atoms. The van der Waals surface area contributed by atoms with Gasteiger partial charge in [-0.25, -0.2) is 0 Å². The van der Waals surface area contributed by atoms with Crippen LogP contribution in [-0.4, -0.2) is 19.6 Å². The van der Waals surface area contributed by atoms with Crippen molar-refractivity contribution in [1.82, 2.24) is 0 Å². The van der Waals surface area contributed by atoms with Crippen LogP contribution in [0.15, 0.2) is 18.2 Å². The minimum atomic E-state index is 0.686. The maximum Gasteiger partial charge on any atom is 0.0994 e. The summed E-state index contributed by atoms with van der Waals surface area (Å²) in [5.41, 5.74) is 8.76. The monoisotopic (exact) mass is 229 g/mol. The number of aryl methyl sites for hydroxylation is 1. The number of nitrogens with zero attached hydrogens (tertiary/aromatic N) is 2. The van der Waals surface area contributed by atoms with Crippen molar-refractivity contribution in [3.05, 3.63) is 29.3 Å².